The molecule has 0 spiro atoms. The molecule has 110 valence electrons. The minimum absolute atomic E-state index is 0.0558. The molecule has 0 aliphatic heterocycles. The van der Waals surface area contributed by atoms with Crippen LogP contribution in [0.4, 0.5) is 17.1 Å². The molecular weight excluding hydrogens is 258 g/mol. The van der Waals surface area contributed by atoms with E-state index in [1.807, 2.05) is 0 Å². The summed E-state index contributed by atoms with van der Waals surface area (Å²) in [4.78, 5) is 10.8. The van der Waals surface area contributed by atoms with Gasteiger partial charge in [-0.15, -0.1) is 0 Å². The Morgan fingerprint density at radius 3 is 2.70 bits per heavy atom. The van der Waals surface area contributed by atoms with Gasteiger partial charge in [-0.25, -0.2) is 0 Å². The maximum absolute atomic E-state index is 11.2. The number of nitro groups is 1. The molecule has 3 N–H and O–H groups in total. The van der Waals surface area contributed by atoms with Gasteiger partial charge in [0, 0.05) is 19.5 Å². The number of hydrogen-bond donors (Lipinski definition) is 3. The Labute approximate surface area is 118 Å². The van der Waals surface area contributed by atoms with Gasteiger partial charge < -0.3 is 15.7 Å². The van der Waals surface area contributed by atoms with E-state index in [9.17, 15) is 15.2 Å². The number of para-hydroxylation sites is 1. The molecule has 2 rings (SSSR count). The van der Waals surface area contributed by atoms with Gasteiger partial charge >= 0.3 is 5.69 Å². The molecule has 0 bridgehead atoms. The van der Waals surface area contributed by atoms with Gasteiger partial charge in [-0.1, -0.05) is 18.9 Å². The summed E-state index contributed by atoms with van der Waals surface area (Å²) < 4.78 is 0. The van der Waals surface area contributed by atoms with Crippen molar-refractivity contribution in [3.05, 3.63) is 28.3 Å². The van der Waals surface area contributed by atoms with Crippen LogP contribution in [-0.4, -0.2) is 29.7 Å². The highest BCUT2D eigenvalue weighted by atomic mass is 16.6. The molecule has 1 saturated carbocycles. The average molecular weight is 279 g/mol. The van der Waals surface area contributed by atoms with E-state index in [0.29, 0.717) is 17.9 Å². The van der Waals surface area contributed by atoms with Gasteiger partial charge in [-0.2, -0.15) is 0 Å². The summed E-state index contributed by atoms with van der Waals surface area (Å²) in [5, 5.41) is 27.1. The zero-order valence-corrected chi connectivity index (χ0v) is 11.6. The lowest BCUT2D eigenvalue weighted by Crippen LogP contribution is -2.30. The SMILES string of the molecule is CNc1cccc(NCC2CCCCC2O)c1[N+](=O)[O-]. The molecule has 6 nitrogen and oxygen atoms in total. The number of hydrogen-bond acceptors (Lipinski definition) is 5. The molecular formula is C14H21N3O3. The standard InChI is InChI=1S/C14H21N3O3/c1-15-11-6-4-7-12(14(11)17(19)20)16-9-10-5-2-3-8-13(10)18/h4,6-7,10,13,15-16,18H,2-3,5,8-9H2,1H3. The van der Waals surface area contributed by atoms with Crippen LogP contribution in [0.5, 0.6) is 0 Å². The van der Waals surface area contributed by atoms with Crippen molar-refractivity contribution in [3.63, 3.8) is 0 Å². The van der Waals surface area contributed by atoms with E-state index in [0.717, 1.165) is 25.7 Å². The van der Waals surface area contributed by atoms with Gasteiger partial charge in [0.05, 0.1) is 11.0 Å². The monoisotopic (exact) mass is 279 g/mol. The molecule has 1 aromatic rings. The molecule has 2 atom stereocenters. The van der Waals surface area contributed by atoms with E-state index in [2.05, 4.69) is 10.6 Å². The van der Waals surface area contributed by atoms with E-state index in [-0.39, 0.29) is 22.6 Å². The van der Waals surface area contributed by atoms with Crippen molar-refractivity contribution in [1.82, 2.24) is 0 Å². The van der Waals surface area contributed by atoms with Crippen LogP contribution in [0, 0.1) is 16.0 Å². The van der Waals surface area contributed by atoms with E-state index in [1.165, 1.54) is 0 Å². The fourth-order valence-electron chi connectivity index (χ4n) is 2.75. The fourth-order valence-corrected chi connectivity index (χ4v) is 2.75. The fraction of sp³-hybridized carbons (Fsp3) is 0.571. The van der Waals surface area contributed by atoms with Crippen molar-refractivity contribution in [2.24, 2.45) is 5.92 Å². The first-order valence-corrected chi connectivity index (χ1v) is 7.00. The molecule has 0 aromatic heterocycles. The Morgan fingerprint density at radius 2 is 2.05 bits per heavy atom. The van der Waals surface area contributed by atoms with Crippen LogP contribution in [0.25, 0.3) is 0 Å². The molecule has 20 heavy (non-hydrogen) atoms. The Kier molecular flexibility index (Phi) is 4.79. The molecule has 0 saturated heterocycles. The molecule has 1 aliphatic carbocycles. The Balaban J connectivity index is 2.10. The first kappa shape index (κ1) is 14.6. The number of rotatable bonds is 5. The highest BCUT2D eigenvalue weighted by Gasteiger charge is 2.24. The summed E-state index contributed by atoms with van der Waals surface area (Å²) in [6.07, 6.45) is 3.66. The number of benzene rings is 1. The summed E-state index contributed by atoms with van der Waals surface area (Å²) >= 11 is 0. The van der Waals surface area contributed by atoms with Gasteiger partial charge in [-0.05, 0) is 25.0 Å². The summed E-state index contributed by atoms with van der Waals surface area (Å²) in [5.41, 5.74) is 1.05. The van der Waals surface area contributed by atoms with E-state index in [1.54, 1.807) is 25.2 Å². The van der Waals surface area contributed by atoms with Gasteiger partial charge in [0.15, 0.2) is 0 Å². The van der Waals surface area contributed by atoms with Crippen molar-refractivity contribution in [2.45, 2.75) is 31.8 Å². The van der Waals surface area contributed by atoms with Gasteiger partial charge in [-0.3, -0.25) is 10.1 Å². The molecule has 0 heterocycles. The maximum atomic E-state index is 11.2. The molecule has 2 unspecified atom stereocenters. The smallest absolute Gasteiger partial charge is 0.315 e. The predicted octanol–water partition coefficient (Wildman–Crippen LogP) is 2.60. The van der Waals surface area contributed by atoms with Crippen LogP contribution in [0.15, 0.2) is 18.2 Å². The van der Waals surface area contributed by atoms with Gasteiger partial charge in [0.2, 0.25) is 0 Å². The molecule has 1 fully saturated rings. The third-order valence-electron chi connectivity index (χ3n) is 3.91. The highest BCUT2D eigenvalue weighted by molar-refractivity contribution is 5.76. The van der Waals surface area contributed by atoms with Crippen molar-refractivity contribution in [2.75, 3.05) is 24.2 Å². The first-order valence-electron chi connectivity index (χ1n) is 7.00. The Hall–Kier alpha value is -1.82. The normalized spacial score (nSPS) is 22.3. The lowest BCUT2D eigenvalue weighted by atomic mass is 9.86. The topological polar surface area (TPSA) is 87.4 Å². The largest absolute Gasteiger partial charge is 0.393 e. The number of aliphatic hydroxyl groups is 1. The third-order valence-corrected chi connectivity index (χ3v) is 3.91. The van der Waals surface area contributed by atoms with Crippen LogP contribution in [0.1, 0.15) is 25.7 Å². The van der Waals surface area contributed by atoms with E-state index in [4.69, 9.17) is 0 Å². The molecule has 0 radical (unpaired) electrons. The van der Waals surface area contributed by atoms with Gasteiger partial charge in [0.25, 0.3) is 0 Å². The molecule has 0 amide bonds. The van der Waals surface area contributed by atoms with E-state index >= 15 is 0 Å². The summed E-state index contributed by atoms with van der Waals surface area (Å²) in [6, 6.07) is 5.16. The molecule has 1 aromatic carbocycles. The number of anilines is 2. The van der Waals surface area contributed by atoms with Crippen molar-refractivity contribution >= 4 is 17.1 Å². The minimum atomic E-state index is -0.383. The van der Waals surface area contributed by atoms with Crippen LogP contribution in [0.2, 0.25) is 0 Å². The second-order valence-electron chi connectivity index (χ2n) is 5.20. The lowest BCUT2D eigenvalue weighted by Gasteiger charge is -2.28. The number of aliphatic hydroxyl groups excluding tert-OH is 1. The second kappa shape index (κ2) is 6.56. The second-order valence-corrected chi connectivity index (χ2v) is 5.20. The van der Waals surface area contributed by atoms with Crippen LogP contribution >= 0.6 is 0 Å². The predicted molar refractivity (Wildman–Crippen MR) is 79.1 cm³/mol. The van der Waals surface area contributed by atoms with Gasteiger partial charge in [0.1, 0.15) is 11.4 Å². The quantitative estimate of drug-likeness (QED) is 0.569. The molecule has 6 heteroatoms. The third kappa shape index (κ3) is 3.19. The van der Waals surface area contributed by atoms with Crippen LogP contribution < -0.4 is 10.6 Å². The van der Waals surface area contributed by atoms with E-state index < -0.39 is 0 Å². The van der Waals surface area contributed by atoms with Crippen LogP contribution in [-0.2, 0) is 0 Å². The minimum Gasteiger partial charge on any atom is -0.393 e. The summed E-state index contributed by atoms with van der Waals surface area (Å²) in [5.74, 6) is 0.168. The maximum Gasteiger partial charge on any atom is 0.315 e. The summed E-state index contributed by atoms with van der Waals surface area (Å²) in [7, 11) is 1.66. The van der Waals surface area contributed by atoms with Crippen molar-refractivity contribution in [3.8, 4) is 0 Å². The number of nitro benzene ring substituents is 1. The number of nitrogens with one attached hydrogen (secondary N) is 2. The zero-order chi connectivity index (χ0) is 14.5. The van der Waals surface area contributed by atoms with Crippen LogP contribution in [0.3, 0.4) is 0 Å². The highest BCUT2D eigenvalue weighted by Crippen LogP contribution is 2.33. The average Bonchev–Trinajstić information content (AvgIpc) is 2.45. The Morgan fingerprint density at radius 1 is 1.35 bits per heavy atom. The van der Waals surface area contributed by atoms with Crippen molar-refractivity contribution < 1.29 is 10.0 Å². The Bertz CT molecular complexity index is 479. The zero-order valence-electron chi connectivity index (χ0n) is 11.6. The first-order chi connectivity index (χ1) is 9.63. The lowest BCUT2D eigenvalue weighted by molar-refractivity contribution is -0.383. The summed E-state index contributed by atoms with van der Waals surface area (Å²) in [6.45, 7) is 0.565. The molecule has 1 aliphatic rings. The van der Waals surface area contributed by atoms with Crippen molar-refractivity contribution in [1.29, 1.82) is 0 Å². The number of nitrogens with zero attached hydrogens (tertiary/aromatic N) is 1.